The molecule has 0 aromatic heterocycles. The van der Waals surface area contributed by atoms with Gasteiger partial charge in [0.1, 0.15) is 6.61 Å². The van der Waals surface area contributed by atoms with E-state index >= 15 is 0 Å². The van der Waals surface area contributed by atoms with Gasteiger partial charge in [0, 0.05) is 25.6 Å². The zero-order chi connectivity index (χ0) is 12.7. The first-order chi connectivity index (χ1) is 8.17. The average molecular weight is 231 g/mol. The van der Waals surface area contributed by atoms with Gasteiger partial charge in [0.25, 0.3) is 0 Å². The molecule has 0 fully saturated rings. The normalized spacial score (nSPS) is 9.35. The van der Waals surface area contributed by atoms with Crippen molar-refractivity contribution in [2.45, 2.75) is 19.9 Å². The van der Waals surface area contributed by atoms with Crippen LogP contribution in [0.3, 0.4) is 0 Å². The molecule has 1 rings (SSSR count). The van der Waals surface area contributed by atoms with Gasteiger partial charge in [0.15, 0.2) is 0 Å². The van der Waals surface area contributed by atoms with E-state index in [0.29, 0.717) is 13.0 Å². The standard InChI is InChI=1S/C14H17NO2/c1-3-14(17)15(2)11-13-7-4-6-12(10-13)8-5-9-16/h4,6-7,10,16H,3,9,11H2,1-2H3. The van der Waals surface area contributed by atoms with Crippen molar-refractivity contribution in [3.05, 3.63) is 35.4 Å². The summed E-state index contributed by atoms with van der Waals surface area (Å²) in [5.74, 6) is 5.57. The SMILES string of the molecule is CCC(=O)N(C)Cc1cccc(C#CCO)c1. The number of aliphatic hydroxyl groups is 1. The molecule has 1 N–H and O–H groups in total. The first-order valence-corrected chi connectivity index (χ1v) is 5.60. The lowest BCUT2D eigenvalue weighted by atomic mass is 10.1. The highest BCUT2D eigenvalue weighted by Gasteiger charge is 2.06. The lowest BCUT2D eigenvalue weighted by Crippen LogP contribution is -2.25. The van der Waals surface area contributed by atoms with Crippen LogP contribution in [0.25, 0.3) is 0 Å². The molecule has 3 nitrogen and oxygen atoms in total. The molecule has 3 heteroatoms. The van der Waals surface area contributed by atoms with Gasteiger partial charge < -0.3 is 10.0 Å². The monoisotopic (exact) mass is 231 g/mol. The molecule has 0 aliphatic rings. The summed E-state index contributed by atoms with van der Waals surface area (Å²) >= 11 is 0. The third-order valence-electron chi connectivity index (χ3n) is 2.39. The molecule has 1 aromatic carbocycles. The summed E-state index contributed by atoms with van der Waals surface area (Å²) in [5, 5.41) is 8.62. The number of hydrogen-bond acceptors (Lipinski definition) is 2. The van der Waals surface area contributed by atoms with Crippen LogP contribution in [0.5, 0.6) is 0 Å². The van der Waals surface area contributed by atoms with E-state index in [9.17, 15) is 4.79 Å². The Hall–Kier alpha value is -1.79. The number of benzene rings is 1. The third kappa shape index (κ3) is 4.29. The fourth-order valence-corrected chi connectivity index (χ4v) is 1.52. The van der Waals surface area contributed by atoms with E-state index in [-0.39, 0.29) is 12.5 Å². The predicted octanol–water partition coefficient (Wildman–Crippen LogP) is 1.40. The minimum atomic E-state index is -0.140. The summed E-state index contributed by atoms with van der Waals surface area (Å²) in [5.41, 5.74) is 1.90. The molecule has 0 saturated carbocycles. The van der Waals surface area contributed by atoms with Crippen LogP contribution in [0.2, 0.25) is 0 Å². The summed E-state index contributed by atoms with van der Waals surface area (Å²) in [4.78, 5) is 13.1. The van der Waals surface area contributed by atoms with Crippen molar-refractivity contribution in [1.29, 1.82) is 0 Å². The van der Waals surface area contributed by atoms with E-state index in [2.05, 4.69) is 11.8 Å². The largest absolute Gasteiger partial charge is 0.384 e. The van der Waals surface area contributed by atoms with Crippen LogP contribution in [0, 0.1) is 11.8 Å². The van der Waals surface area contributed by atoms with Crippen LogP contribution in [0.15, 0.2) is 24.3 Å². The predicted molar refractivity (Wildman–Crippen MR) is 67.2 cm³/mol. The first-order valence-electron chi connectivity index (χ1n) is 5.60. The molecule has 1 amide bonds. The second-order valence-corrected chi connectivity index (χ2v) is 3.76. The molecular formula is C14H17NO2. The van der Waals surface area contributed by atoms with Crippen LogP contribution in [0.1, 0.15) is 24.5 Å². The van der Waals surface area contributed by atoms with Crippen molar-refractivity contribution in [2.75, 3.05) is 13.7 Å². The van der Waals surface area contributed by atoms with Gasteiger partial charge in [-0.05, 0) is 17.7 Å². The molecule has 0 saturated heterocycles. The highest BCUT2D eigenvalue weighted by molar-refractivity contribution is 5.75. The third-order valence-corrected chi connectivity index (χ3v) is 2.39. The molecule has 0 radical (unpaired) electrons. The van der Waals surface area contributed by atoms with Gasteiger partial charge in [-0.2, -0.15) is 0 Å². The average Bonchev–Trinajstić information content (AvgIpc) is 2.35. The van der Waals surface area contributed by atoms with Gasteiger partial charge >= 0.3 is 0 Å². The van der Waals surface area contributed by atoms with Gasteiger partial charge in [0.2, 0.25) is 5.91 Å². The molecular weight excluding hydrogens is 214 g/mol. The van der Waals surface area contributed by atoms with Crippen LogP contribution in [-0.2, 0) is 11.3 Å². The van der Waals surface area contributed by atoms with Gasteiger partial charge in [-0.25, -0.2) is 0 Å². The molecule has 0 heterocycles. The number of carbonyl (C=O) groups is 1. The van der Waals surface area contributed by atoms with E-state index in [1.807, 2.05) is 31.2 Å². The molecule has 0 atom stereocenters. The topological polar surface area (TPSA) is 40.5 Å². The number of hydrogen-bond donors (Lipinski definition) is 1. The number of aliphatic hydroxyl groups excluding tert-OH is 1. The Bertz CT molecular complexity index is 443. The van der Waals surface area contributed by atoms with Crippen LogP contribution in [0.4, 0.5) is 0 Å². The minimum absolute atomic E-state index is 0.122. The van der Waals surface area contributed by atoms with Crippen LogP contribution >= 0.6 is 0 Å². The molecule has 17 heavy (non-hydrogen) atoms. The van der Waals surface area contributed by atoms with Crippen molar-refractivity contribution in [2.24, 2.45) is 0 Å². The van der Waals surface area contributed by atoms with Gasteiger partial charge in [0.05, 0.1) is 0 Å². The van der Waals surface area contributed by atoms with E-state index < -0.39 is 0 Å². The van der Waals surface area contributed by atoms with Crippen molar-refractivity contribution >= 4 is 5.91 Å². The van der Waals surface area contributed by atoms with E-state index in [4.69, 9.17) is 5.11 Å². The smallest absolute Gasteiger partial charge is 0.222 e. The maximum atomic E-state index is 11.4. The Balaban J connectivity index is 2.75. The van der Waals surface area contributed by atoms with Crippen molar-refractivity contribution in [3.63, 3.8) is 0 Å². The molecule has 1 aromatic rings. The Morgan fingerprint density at radius 3 is 2.88 bits per heavy atom. The fraction of sp³-hybridized carbons (Fsp3) is 0.357. The van der Waals surface area contributed by atoms with Gasteiger partial charge in [-0.3, -0.25) is 4.79 Å². The number of rotatable bonds is 3. The van der Waals surface area contributed by atoms with Crippen LogP contribution < -0.4 is 0 Å². The highest BCUT2D eigenvalue weighted by Crippen LogP contribution is 2.07. The van der Waals surface area contributed by atoms with Crippen molar-refractivity contribution in [3.8, 4) is 11.8 Å². The lowest BCUT2D eigenvalue weighted by Gasteiger charge is -2.16. The quantitative estimate of drug-likeness (QED) is 0.799. The Morgan fingerprint density at radius 1 is 1.47 bits per heavy atom. The van der Waals surface area contributed by atoms with E-state index in [0.717, 1.165) is 11.1 Å². The summed E-state index contributed by atoms with van der Waals surface area (Å²) < 4.78 is 0. The zero-order valence-corrected chi connectivity index (χ0v) is 10.2. The molecule has 0 aliphatic heterocycles. The summed E-state index contributed by atoms with van der Waals surface area (Å²) in [6.45, 7) is 2.29. The molecule has 0 unspecified atom stereocenters. The van der Waals surface area contributed by atoms with Crippen molar-refractivity contribution < 1.29 is 9.90 Å². The zero-order valence-electron chi connectivity index (χ0n) is 10.2. The number of nitrogens with zero attached hydrogens (tertiary/aromatic N) is 1. The molecule has 90 valence electrons. The number of amides is 1. The van der Waals surface area contributed by atoms with Crippen molar-refractivity contribution in [1.82, 2.24) is 4.90 Å². The summed E-state index contributed by atoms with van der Waals surface area (Å²) in [7, 11) is 1.79. The fourth-order valence-electron chi connectivity index (χ4n) is 1.52. The first kappa shape index (κ1) is 13.3. The molecule has 0 spiro atoms. The second kappa shape index (κ2) is 6.72. The Labute approximate surface area is 102 Å². The maximum absolute atomic E-state index is 11.4. The lowest BCUT2D eigenvalue weighted by molar-refractivity contribution is -0.130. The van der Waals surface area contributed by atoms with Gasteiger partial charge in [-0.1, -0.05) is 30.9 Å². The Kier molecular flexibility index (Phi) is 5.25. The van der Waals surface area contributed by atoms with E-state index in [1.54, 1.807) is 11.9 Å². The molecule has 0 aliphatic carbocycles. The summed E-state index contributed by atoms with van der Waals surface area (Å²) in [6.07, 6.45) is 0.514. The second-order valence-electron chi connectivity index (χ2n) is 3.76. The van der Waals surface area contributed by atoms with E-state index in [1.165, 1.54) is 0 Å². The Morgan fingerprint density at radius 2 is 2.24 bits per heavy atom. The summed E-state index contributed by atoms with van der Waals surface area (Å²) in [6, 6.07) is 7.68. The maximum Gasteiger partial charge on any atom is 0.222 e. The van der Waals surface area contributed by atoms with Gasteiger partial charge in [-0.15, -0.1) is 0 Å². The van der Waals surface area contributed by atoms with Crippen LogP contribution in [-0.4, -0.2) is 29.6 Å². The molecule has 0 bridgehead atoms. The highest BCUT2D eigenvalue weighted by atomic mass is 16.2. The minimum Gasteiger partial charge on any atom is -0.384 e. The number of carbonyl (C=O) groups excluding carboxylic acids is 1.